The Labute approximate surface area is 120 Å². The molecule has 100 valence electrons. The molecule has 0 radical (unpaired) electrons. The van der Waals surface area contributed by atoms with E-state index in [1.807, 2.05) is 12.3 Å². The van der Waals surface area contributed by atoms with Crippen molar-refractivity contribution in [3.63, 3.8) is 0 Å². The molecule has 0 amide bonds. The molecule has 1 atom stereocenters. The predicted octanol–water partition coefficient (Wildman–Crippen LogP) is 2.88. The molecule has 1 unspecified atom stereocenters. The van der Waals surface area contributed by atoms with E-state index >= 15 is 0 Å². The Kier molecular flexibility index (Phi) is 5.93. The Morgan fingerprint density at radius 3 is 3.00 bits per heavy atom. The minimum absolute atomic E-state index is 0. The third-order valence-electron chi connectivity index (χ3n) is 3.38. The fourth-order valence-electron chi connectivity index (χ4n) is 2.53. The summed E-state index contributed by atoms with van der Waals surface area (Å²) in [6, 6.07) is 6.27. The zero-order valence-corrected chi connectivity index (χ0v) is 11.8. The number of hydrogen-bond acceptors (Lipinski definition) is 2. The maximum absolute atomic E-state index is 4.45. The molecular weight excluding hydrogens is 269 g/mol. The molecule has 1 saturated heterocycles. The minimum Gasteiger partial charge on any atom is -0.332 e. The van der Waals surface area contributed by atoms with Gasteiger partial charge in [0.25, 0.3) is 0 Å². The summed E-state index contributed by atoms with van der Waals surface area (Å²) in [7, 11) is 0. The fraction of sp³-hybridized carbons (Fsp3) is 0.462. The molecule has 1 aliphatic heterocycles. The quantitative estimate of drug-likeness (QED) is 0.921. The van der Waals surface area contributed by atoms with Gasteiger partial charge in [0.2, 0.25) is 0 Å². The molecule has 1 aliphatic rings. The Hall–Kier alpha value is -0.770. The first-order chi connectivity index (χ1) is 7.93. The average molecular weight is 288 g/mol. The van der Waals surface area contributed by atoms with Crippen LogP contribution in [0.2, 0.25) is 0 Å². The normalized spacial score (nSPS) is 19.0. The van der Waals surface area contributed by atoms with Crippen LogP contribution in [0.4, 0.5) is 0 Å². The molecule has 0 spiro atoms. The second kappa shape index (κ2) is 6.98. The molecule has 0 saturated carbocycles. The molecule has 18 heavy (non-hydrogen) atoms. The molecule has 0 aliphatic carbocycles. The average Bonchev–Trinajstić information content (AvgIpc) is 2.74. The number of nitrogens with zero attached hydrogens (tertiary/aromatic N) is 2. The van der Waals surface area contributed by atoms with Crippen LogP contribution >= 0.6 is 24.8 Å². The third-order valence-corrected chi connectivity index (χ3v) is 3.38. The van der Waals surface area contributed by atoms with Gasteiger partial charge in [-0.15, -0.1) is 24.8 Å². The number of aromatic nitrogens is 2. The van der Waals surface area contributed by atoms with Gasteiger partial charge in [0.05, 0.1) is 0 Å². The minimum atomic E-state index is 0. The highest BCUT2D eigenvalue weighted by Gasteiger charge is 2.14. The second-order valence-electron chi connectivity index (χ2n) is 4.60. The van der Waals surface area contributed by atoms with Gasteiger partial charge in [-0.05, 0) is 50.0 Å². The Morgan fingerprint density at radius 2 is 2.22 bits per heavy atom. The van der Waals surface area contributed by atoms with Crippen LogP contribution in [0.3, 0.4) is 0 Å². The van der Waals surface area contributed by atoms with Crippen molar-refractivity contribution in [2.24, 2.45) is 5.92 Å². The van der Waals surface area contributed by atoms with Crippen molar-refractivity contribution in [3.05, 3.63) is 30.6 Å². The Morgan fingerprint density at radius 1 is 1.33 bits per heavy atom. The smallest absolute Gasteiger partial charge is 0.139 e. The summed E-state index contributed by atoms with van der Waals surface area (Å²) >= 11 is 0. The van der Waals surface area contributed by atoms with E-state index in [-0.39, 0.29) is 24.8 Å². The molecular formula is C13H19Cl2N3. The Balaban J connectivity index is 0.000000810. The number of pyridine rings is 1. The zero-order valence-electron chi connectivity index (χ0n) is 10.2. The highest BCUT2D eigenvalue weighted by molar-refractivity contribution is 5.85. The summed E-state index contributed by atoms with van der Waals surface area (Å²) in [5, 5.41) is 4.70. The summed E-state index contributed by atoms with van der Waals surface area (Å²) in [4.78, 5) is 4.45. The summed E-state index contributed by atoms with van der Waals surface area (Å²) in [5.41, 5.74) is 1.12. The lowest BCUT2D eigenvalue weighted by Gasteiger charge is -2.23. The highest BCUT2D eigenvalue weighted by Crippen LogP contribution is 2.17. The van der Waals surface area contributed by atoms with E-state index in [4.69, 9.17) is 0 Å². The van der Waals surface area contributed by atoms with Crippen molar-refractivity contribution in [1.29, 1.82) is 0 Å². The van der Waals surface area contributed by atoms with Crippen LogP contribution in [-0.4, -0.2) is 22.6 Å². The van der Waals surface area contributed by atoms with Gasteiger partial charge >= 0.3 is 0 Å². The first-order valence-electron chi connectivity index (χ1n) is 6.04. The van der Waals surface area contributed by atoms with E-state index in [1.54, 1.807) is 0 Å². The molecule has 5 heteroatoms. The first kappa shape index (κ1) is 15.3. The molecule has 3 heterocycles. The first-order valence-corrected chi connectivity index (χ1v) is 6.04. The van der Waals surface area contributed by atoms with Crippen molar-refractivity contribution in [2.45, 2.75) is 19.4 Å². The van der Waals surface area contributed by atoms with Gasteiger partial charge in [0.1, 0.15) is 5.65 Å². The summed E-state index contributed by atoms with van der Waals surface area (Å²) in [5.74, 6) is 0.756. The lowest BCUT2D eigenvalue weighted by molar-refractivity contribution is 0.340. The van der Waals surface area contributed by atoms with E-state index in [9.17, 15) is 0 Å². The lowest BCUT2D eigenvalue weighted by Crippen LogP contribution is -2.32. The van der Waals surface area contributed by atoms with E-state index < -0.39 is 0 Å². The molecule has 1 N–H and O–H groups in total. The highest BCUT2D eigenvalue weighted by atomic mass is 35.5. The molecule has 2 aromatic rings. The predicted molar refractivity (Wildman–Crippen MR) is 79.8 cm³/mol. The number of rotatable bonds is 2. The van der Waals surface area contributed by atoms with Crippen molar-refractivity contribution in [1.82, 2.24) is 14.9 Å². The second-order valence-corrected chi connectivity index (χ2v) is 4.60. The summed E-state index contributed by atoms with van der Waals surface area (Å²) in [6.45, 7) is 3.42. The molecule has 3 rings (SSSR count). The summed E-state index contributed by atoms with van der Waals surface area (Å²) in [6.07, 6.45) is 6.67. The van der Waals surface area contributed by atoms with E-state index in [1.165, 1.54) is 24.8 Å². The maximum atomic E-state index is 4.45. The van der Waals surface area contributed by atoms with Crippen LogP contribution < -0.4 is 5.32 Å². The van der Waals surface area contributed by atoms with E-state index in [0.29, 0.717) is 0 Å². The van der Waals surface area contributed by atoms with Crippen LogP contribution in [0.15, 0.2) is 30.6 Å². The largest absolute Gasteiger partial charge is 0.332 e. The number of fused-ring (bicyclic) bond motifs is 1. The number of piperidine rings is 1. The van der Waals surface area contributed by atoms with Crippen molar-refractivity contribution in [3.8, 4) is 0 Å². The molecule has 2 aromatic heterocycles. The van der Waals surface area contributed by atoms with Crippen molar-refractivity contribution < 1.29 is 0 Å². The van der Waals surface area contributed by atoms with Crippen LogP contribution in [0, 0.1) is 5.92 Å². The molecule has 1 fully saturated rings. The summed E-state index contributed by atoms with van der Waals surface area (Å²) < 4.78 is 2.28. The van der Waals surface area contributed by atoms with Crippen LogP contribution in [0.5, 0.6) is 0 Å². The third kappa shape index (κ3) is 3.16. The lowest BCUT2D eigenvalue weighted by atomic mass is 10.00. The number of hydrogen-bond donors (Lipinski definition) is 1. The van der Waals surface area contributed by atoms with Gasteiger partial charge in [-0.3, -0.25) is 0 Å². The molecule has 3 nitrogen and oxygen atoms in total. The number of halogens is 2. The SMILES string of the molecule is Cl.Cl.c1cnc2c(c1)ccn2CC1CCCNC1. The van der Waals surface area contributed by atoms with Gasteiger partial charge in [-0.25, -0.2) is 4.98 Å². The van der Waals surface area contributed by atoms with Gasteiger partial charge in [-0.1, -0.05) is 0 Å². The fourth-order valence-corrected chi connectivity index (χ4v) is 2.53. The zero-order chi connectivity index (χ0) is 10.8. The standard InChI is InChI=1S/C13H17N3.2ClH/c1-3-11(9-14-6-1)10-16-8-5-12-4-2-7-15-13(12)16;;/h2,4-5,7-8,11,14H,1,3,6,9-10H2;2*1H. The maximum Gasteiger partial charge on any atom is 0.139 e. The van der Waals surface area contributed by atoms with Crippen LogP contribution in [-0.2, 0) is 6.54 Å². The topological polar surface area (TPSA) is 29.9 Å². The van der Waals surface area contributed by atoms with Crippen LogP contribution in [0.1, 0.15) is 12.8 Å². The Bertz CT molecular complexity index is 478. The van der Waals surface area contributed by atoms with Gasteiger partial charge in [-0.2, -0.15) is 0 Å². The number of nitrogens with one attached hydrogen (secondary N) is 1. The van der Waals surface area contributed by atoms with Crippen molar-refractivity contribution in [2.75, 3.05) is 13.1 Å². The molecule has 0 aromatic carbocycles. The molecule has 0 bridgehead atoms. The van der Waals surface area contributed by atoms with Crippen LogP contribution in [0.25, 0.3) is 11.0 Å². The van der Waals surface area contributed by atoms with Crippen molar-refractivity contribution >= 4 is 35.8 Å². The van der Waals surface area contributed by atoms with E-state index in [0.717, 1.165) is 24.7 Å². The van der Waals surface area contributed by atoms with Gasteiger partial charge in [0.15, 0.2) is 0 Å². The monoisotopic (exact) mass is 287 g/mol. The van der Waals surface area contributed by atoms with Gasteiger partial charge in [0, 0.05) is 24.3 Å². The van der Waals surface area contributed by atoms with Gasteiger partial charge < -0.3 is 9.88 Å². The van der Waals surface area contributed by atoms with E-state index in [2.05, 4.69) is 33.2 Å².